The smallest absolute Gasteiger partial charge is 0.413 e. The highest BCUT2D eigenvalue weighted by Gasteiger charge is 2.48. The second-order valence-corrected chi connectivity index (χ2v) is 9.90. The standard InChI is InChI=1S/C24H34FN3O8/c1-11(2)16-8-7-12(3)9-18(16)36-24(32)27-21-17(25)10-28(23(31)26-21)22-20(35-15(6)30)19(13(4)33-22)34-14(5)29/h10-13,16,18-20,22H,7-9H2,1-6H3,(H,26,27,31,32)/t12?,13-,16?,18?,19-,20-,22-/m1/s1. The van der Waals surface area contributed by atoms with Crippen molar-refractivity contribution in [3.63, 3.8) is 0 Å². The lowest BCUT2D eigenvalue weighted by Gasteiger charge is -2.36. The van der Waals surface area contributed by atoms with Gasteiger partial charge in [-0.1, -0.05) is 27.2 Å². The first kappa shape index (κ1) is 27.6. The molecule has 1 aliphatic carbocycles. The molecule has 0 aromatic carbocycles. The van der Waals surface area contributed by atoms with E-state index < -0.39 is 59.9 Å². The second kappa shape index (κ2) is 11.4. The quantitative estimate of drug-likeness (QED) is 0.451. The highest BCUT2D eigenvalue weighted by atomic mass is 19.1. The number of esters is 2. The Morgan fingerprint density at radius 3 is 2.36 bits per heavy atom. The summed E-state index contributed by atoms with van der Waals surface area (Å²) in [6.45, 7) is 10.1. The van der Waals surface area contributed by atoms with Gasteiger partial charge >= 0.3 is 23.7 Å². The first-order valence-electron chi connectivity index (χ1n) is 12.1. The summed E-state index contributed by atoms with van der Waals surface area (Å²) in [6.07, 6.45) is -2.08. The van der Waals surface area contributed by atoms with E-state index in [1.165, 1.54) is 6.92 Å². The largest absolute Gasteiger partial charge is 0.456 e. The number of aromatic nitrogens is 2. The molecule has 7 atom stereocenters. The van der Waals surface area contributed by atoms with E-state index in [0.29, 0.717) is 18.3 Å². The summed E-state index contributed by atoms with van der Waals surface area (Å²) in [5, 5.41) is 2.22. The lowest BCUT2D eigenvalue weighted by Crippen LogP contribution is -2.41. The normalized spacial score (nSPS) is 30.1. The van der Waals surface area contributed by atoms with Crippen LogP contribution in [-0.2, 0) is 28.5 Å². The molecule has 2 aliphatic rings. The first-order chi connectivity index (χ1) is 16.9. The number of nitrogens with zero attached hydrogens (tertiary/aromatic N) is 2. The molecular weight excluding hydrogens is 477 g/mol. The zero-order valence-corrected chi connectivity index (χ0v) is 21.4. The molecule has 0 bridgehead atoms. The lowest BCUT2D eigenvalue weighted by molar-refractivity contribution is -0.165. The third-order valence-electron chi connectivity index (χ3n) is 6.65. The number of anilines is 1. The molecule has 12 heteroatoms. The van der Waals surface area contributed by atoms with Crippen molar-refractivity contribution in [3.05, 3.63) is 22.5 Å². The van der Waals surface area contributed by atoms with Gasteiger partial charge in [-0.15, -0.1) is 0 Å². The van der Waals surface area contributed by atoms with Crippen LogP contribution in [0.25, 0.3) is 0 Å². The average Bonchev–Trinajstić information content (AvgIpc) is 3.04. The van der Waals surface area contributed by atoms with Crippen molar-refractivity contribution in [2.75, 3.05) is 5.32 Å². The molecule has 3 rings (SSSR count). The number of carbonyl (C=O) groups excluding carboxylic acids is 3. The fraction of sp³-hybridized carbons (Fsp3) is 0.708. The minimum Gasteiger partial charge on any atom is -0.456 e. The van der Waals surface area contributed by atoms with E-state index in [1.54, 1.807) is 6.92 Å². The molecule has 200 valence electrons. The van der Waals surface area contributed by atoms with Gasteiger partial charge in [0, 0.05) is 13.8 Å². The molecule has 1 aliphatic heterocycles. The van der Waals surface area contributed by atoms with Gasteiger partial charge in [-0.3, -0.25) is 19.5 Å². The maximum absolute atomic E-state index is 14.9. The third kappa shape index (κ3) is 6.40. The van der Waals surface area contributed by atoms with Gasteiger partial charge in [-0.25, -0.2) is 14.0 Å². The highest BCUT2D eigenvalue weighted by molar-refractivity contribution is 5.83. The Balaban J connectivity index is 1.79. The monoisotopic (exact) mass is 511 g/mol. The number of nitrogens with one attached hydrogen (secondary N) is 1. The van der Waals surface area contributed by atoms with E-state index in [2.05, 4.69) is 31.1 Å². The van der Waals surface area contributed by atoms with Gasteiger partial charge in [0.05, 0.1) is 12.3 Å². The van der Waals surface area contributed by atoms with Crippen LogP contribution >= 0.6 is 0 Å². The van der Waals surface area contributed by atoms with Gasteiger partial charge in [0.25, 0.3) is 0 Å². The van der Waals surface area contributed by atoms with Crippen molar-refractivity contribution < 1.29 is 37.7 Å². The fourth-order valence-corrected chi connectivity index (χ4v) is 4.93. The van der Waals surface area contributed by atoms with Crippen LogP contribution in [0, 0.1) is 23.6 Å². The molecule has 1 aromatic rings. The molecule has 0 radical (unpaired) electrons. The number of ether oxygens (including phenoxy) is 4. The zero-order chi connectivity index (χ0) is 26.7. The number of halogens is 1. The third-order valence-corrected chi connectivity index (χ3v) is 6.65. The predicted molar refractivity (Wildman–Crippen MR) is 124 cm³/mol. The Morgan fingerprint density at radius 2 is 1.75 bits per heavy atom. The lowest BCUT2D eigenvalue weighted by atomic mass is 9.75. The van der Waals surface area contributed by atoms with Gasteiger partial charge < -0.3 is 18.9 Å². The van der Waals surface area contributed by atoms with E-state index in [0.717, 1.165) is 30.5 Å². The summed E-state index contributed by atoms with van der Waals surface area (Å²) < 4.78 is 37.4. The van der Waals surface area contributed by atoms with E-state index in [-0.39, 0.29) is 12.0 Å². The van der Waals surface area contributed by atoms with Gasteiger partial charge in [-0.2, -0.15) is 4.98 Å². The summed E-state index contributed by atoms with van der Waals surface area (Å²) in [4.78, 5) is 52.1. The number of amides is 1. The summed E-state index contributed by atoms with van der Waals surface area (Å²) in [5.41, 5.74) is -0.976. The molecule has 1 saturated heterocycles. The molecule has 1 aromatic heterocycles. The number of carbonyl (C=O) groups is 3. The van der Waals surface area contributed by atoms with E-state index in [4.69, 9.17) is 18.9 Å². The summed E-state index contributed by atoms with van der Waals surface area (Å²) in [5.74, 6) is -2.09. The SMILES string of the molecule is CC(=O)O[C@@H]1[C@H](OC(C)=O)[C@@H](C)O[C@H]1n1cc(F)c(NC(=O)OC2CC(C)CCC2C(C)C)nc1=O. The Hall–Kier alpha value is -3.02. The van der Waals surface area contributed by atoms with Crippen molar-refractivity contribution in [1.29, 1.82) is 0 Å². The number of hydrogen-bond donors (Lipinski definition) is 1. The van der Waals surface area contributed by atoms with Crippen LogP contribution in [0.3, 0.4) is 0 Å². The van der Waals surface area contributed by atoms with Gasteiger partial charge in [0.15, 0.2) is 30.1 Å². The molecule has 3 unspecified atom stereocenters. The van der Waals surface area contributed by atoms with Crippen LogP contribution in [0.15, 0.2) is 11.0 Å². The number of hydrogen-bond acceptors (Lipinski definition) is 9. The van der Waals surface area contributed by atoms with Crippen LogP contribution in [-0.4, -0.2) is 52.0 Å². The number of rotatable bonds is 6. The minimum absolute atomic E-state index is 0.183. The van der Waals surface area contributed by atoms with E-state index in [1.807, 2.05) is 0 Å². The highest BCUT2D eigenvalue weighted by Crippen LogP contribution is 2.36. The van der Waals surface area contributed by atoms with Crippen LogP contribution in [0.1, 0.15) is 67.0 Å². The summed E-state index contributed by atoms with van der Waals surface area (Å²) in [6, 6.07) is 0. The van der Waals surface area contributed by atoms with Crippen LogP contribution in [0.4, 0.5) is 15.0 Å². The predicted octanol–water partition coefficient (Wildman–Crippen LogP) is 3.17. The summed E-state index contributed by atoms with van der Waals surface area (Å²) in [7, 11) is 0. The van der Waals surface area contributed by atoms with Crippen molar-refractivity contribution in [1.82, 2.24) is 9.55 Å². The van der Waals surface area contributed by atoms with Crippen LogP contribution in [0.5, 0.6) is 0 Å². The Labute approximate surface area is 208 Å². The van der Waals surface area contributed by atoms with Gasteiger partial charge in [0.2, 0.25) is 0 Å². The second-order valence-electron chi connectivity index (χ2n) is 9.90. The zero-order valence-electron chi connectivity index (χ0n) is 21.4. The molecule has 2 fully saturated rings. The minimum atomic E-state index is -1.31. The van der Waals surface area contributed by atoms with E-state index in [9.17, 15) is 23.6 Å². The van der Waals surface area contributed by atoms with Crippen LogP contribution < -0.4 is 11.0 Å². The Bertz CT molecular complexity index is 1040. The maximum Gasteiger partial charge on any atom is 0.413 e. The molecule has 36 heavy (non-hydrogen) atoms. The van der Waals surface area contributed by atoms with Crippen molar-refractivity contribution in [2.24, 2.45) is 17.8 Å². The van der Waals surface area contributed by atoms with Gasteiger partial charge in [0.1, 0.15) is 6.10 Å². The molecule has 2 heterocycles. The van der Waals surface area contributed by atoms with Crippen molar-refractivity contribution in [3.8, 4) is 0 Å². The topological polar surface area (TPSA) is 135 Å². The Morgan fingerprint density at radius 1 is 1.11 bits per heavy atom. The fourth-order valence-electron chi connectivity index (χ4n) is 4.93. The first-order valence-corrected chi connectivity index (χ1v) is 12.1. The average molecular weight is 512 g/mol. The van der Waals surface area contributed by atoms with Crippen molar-refractivity contribution >= 4 is 23.8 Å². The molecule has 1 N–H and O–H groups in total. The maximum atomic E-state index is 14.9. The van der Waals surface area contributed by atoms with E-state index >= 15 is 0 Å². The molecule has 1 amide bonds. The molecule has 1 saturated carbocycles. The molecular formula is C24H34FN3O8. The van der Waals surface area contributed by atoms with Gasteiger partial charge in [-0.05, 0) is 37.5 Å². The Kier molecular flexibility index (Phi) is 8.70. The molecule has 11 nitrogen and oxygen atoms in total. The molecule has 0 spiro atoms. The van der Waals surface area contributed by atoms with Crippen LogP contribution in [0.2, 0.25) is 0 Å². The summed E-state index contributed by atoms with van der Waals surface area (Å²) >= 11 is 0. The van der Waals surface area contributed by atoms with Crippen molar-refractivity contribution in [2.45, 2.75) is 91.4 Å².